The molecule has 1 amide bonds. The number of hydrogen-bond acceptors (Lipinski definition) is 3. The molecule has 2 aromatic rings. The van der Waals surface area contributed by atoms with Crippen LogP contribution in [-0.2, 0) is 0 Å². The van der Waals surface area contributed by atoms with E-state index in [0.29, 0.717) is 17.4 Å². The van der Waals surface area contributed by atoms with Gasteiger partial charge in [-0.1, -0.05) is 18.2 Å². The second-order valence-corrected chi connectivity index (χ2v) is 6.32. The maximum atomic E-state index is 12.6. The van der Waals surface area contributed by atoms with Crippen LogP contribution in [-0.4, -0.2) is 23.7 Å². The average molecular weight is 285 g/mol. The molecule has 4 nitrogen and oxygen atoms in total. The van der Waals surface area contributed by atoms with Crippen LogP contribution in [0.25, 0.3) is 11.0 Å². The Bertz CT molecular complexity index is 677. The number of para-hydroxylation sites is 1. The van der Waals surface area contributed by atoms with Crippen LogP contribution < -0.4 is 5.32 Å². The van der Waals surface area contributed by atoms with Gasteiger partial charge in [0.25, 0.3) is 5.91 Å². The molecule has 2 aliphatic carbocycles. The molecular formula is C17H19NO3. The van der Waals surface area contributed by atoms with Crippen molar-refractivity contribution in [2.75, 3.05) is 6.61 Å². The van der Waals surface area contributed by atoms with Crippen LogP contribution in [0.2, 0.25) is 0 Å². The van der Waals surface area contributed by atoms with E-state index < -0.39 is 0 Å². The van der Waals surface area contributed by atoms with Gasteiger partial charge in [0.05, 0.1) is 5.56 Å². The van der Waals surface area contributed by atoms with Crippen LogP contribution in [0.1, 0.15) is 29.6 Å². The van der Waals surface area contributed by atoms with Gasteiger partial charge in [-0.15, -0.1) is 0 Å². The lowest BCUT2D eigenvalue weighted by molar-refractivity contribution is 0.0862. The standard InChI is InChI=1S/C17H19NO3/c19-8-13-10-5-6-11(7-10)16(13)18-17(20)14-9-21-15-4-2-1-3-12(14)15/h1-4,9-11,13,16,19H,5-8H2,(H,18,20). The van der Waals surface area contributed by atoms with E-state index in [1.54, 1.807) is 0 Å². The number of carbonyl (C=O) groups excluding carboxylic acids is 1. The van der Waals surface area contributed by atoms with Gasteiger partial charge in [0.15, 0.2) is 0 Å². The lowest BCUT2D eigenvalue weighted by Crippen LogP contribution is -2.45. The molecule has 4 rings (SSSR count). The van der Waals surface area contributed by atoms with Crippen LogP contribution >= 0.6 is 0 Å². The quantitative estimate of drug-likeness (QED) is 0.911. The highest BCUT2D eigenvalue weighted by atomic mass is 16.3. The first-order valence-corrected chi connectivity index (χ1v) is 7.66. The molecule has 4 heteroatoms. The van der Waals surface area contributed by atoms with Crippen LogP contribution in [0.4, 0.5) is 0 Å². The fourth-order valence-corrected chi connectivity index (χ4v) is 4.28. The van der Waals surface area contributed by atoms with Crippen molar-refractivity contribution in [3.63, 3.8) is 0 Å². The van der Waals surface area contributed by atoms with Crippen molar-refractivity contribution in [1.29, 1.82) is 0 Å². The number of hydrogen-bond donors (Lipinski definition) is 2. The van der Waals surface area contributed by atoms with Gasteiger partial charge in [0, 0.05) is 24.0 Å². The first kappa shape index (κ1) is 12.9. The van der Waals surface area contributed by atoms with Crippen molar-refractivity contribution in [3.8, 4) is 0 Å². The van der Waals surface area contributed by atoms with E-state index in [2.05, 4.69) is 5.32 Å². The summed E-state index contributed by atoms with van der Waals surface area (Å²) in [5.41, 5.74) is 1.32. The Hall–Kier alpha value is -1.81. The molecule has 2 saturated carbocycles. The molecule has 21 heavy (non-hydrogen) atoms. The summed E-state index contributed by atoms with van der Waals surface area (Å²) >= 11 is 0. The van der Waals surface area contributed by atoms with Crippen LogP contribution in [0, 0.1) is 17.8 Å². The Morgan fingerprint density at radius 1 is 1.29 bits per heavy atom. The summed E-state index contributed by atoms with van der Waals surface area (Å²) in [4.78, 5) is 12.6. The van der Waals surface area contributed by atoms with Crippen LogP contribution in [0.15, 0.2) is 34.9 Å². The van der Waals surface area contributed by atoms with E-state index in [-0.39, 0.29) is 24.5 Å². The topological polar surface area (TPSA) is 62.5 Å². The van der Waals surface area contributed by atoms with Crippen molar-refractivity contribution in [1.82, 2.24) is 5.32 Å². The molecule has 0 spiro atoms. The summed E-state index contributed by atoms with van der Waals surface area (Å²) < 4.78 is 5.44. The van der Waals surface area contributed by atoms with Gasteiger partial charge in [-0.2, -0.15) is 0 Å². The lowest BCUT2D eigenvalue weighted by Gasteiger charge is -2.30. The normalized spacial score (nSPS) is 30.9. The van der Waals surface area contributed by atoms with E-state index in [9.17, 15) is 9.90 Å². The summed E-state index contributed by atoms with van der Waals surface area (Å²) in [5.74, 6) is 1.22. The summed E-state index contributed by atoms with van der Waals surface area (Å²) in [7, 11) is 0. The van der Waals surface area contributed by atoms with Crippen molar-refractivity contribution < 1.29 is 14.3 Å². The second kappa shape index (κ2) is 4.88. The number of carbonyl (C=O) groups is 1. The SMILES string of the molecule is O=C(NC1C2CCC(C2)C1CO)c1coc2ccccc12. The molecule has 1 heterocycles. The summed E-state index contributed by atoms with van der Waals surface area (Å²) in [5, 5.41) is 13.6. The molecule has 2 bridgehead atoms. The monoisotopic (exact) mass is 285 g/mol. The van der Waals surface area contributed by atoms with Gasteiger partial charge in [-0.05, 0) is 37.2 Å². The van der Waals surface area contributed by atoms with Gasteiger partial charge in [-0.25, -0.2) is 0 Å². The van der Waals surface area contributed by atoms with E-state index in [1.165, 1.54) is 12.7 Å². The molecule has 4 unspecified atom stereocenters. The molecule has 1 aromatic carbocycles. The maximum absolute atomic E-state index is 12.6. The van der Waals surface area contributed by atoms with Gasteiger partial charge in [0.2, 0.25) is 0 Å². The Morgan fingerprint density at radius 3 is 2.95 bits per heavy atom. The Morgan fingerprint density at radius 2 is 2.10 bits per heavy atom. The van der Waals surface area contributed by atoms with E-state index in [1.807, 2.05) is 24.3 Å². The van der Waals surface area contributed by atoms with Crippen molar-refractivity contribution in [3.05, 3.63) is 36.1 Å². The summed E-state index contributed by atoms with van der Waals surface area (Å²) in [6.07, 6.45) is 5.03. The number of amides is 1. The van der Waals surface area contributed by atoms with E-state index in [4.69, 9.17) is 4.42 Å². The zero-order chi connectivity index (χ0) is 14.4. The predicted octanol–water partition coefficient (Wildman–Crippen LogP) is 2.57. The molecule has 0 aliphatic heterocycles. The smallest absolute Gasteiger partial charge is 0.255 e. The minimum absolute atomic E-state index is 0.0871. The van der Waals surface area contributed by atoms with E-state index in [0.717, 1.165) is 23.8 Å². The molecule has 0 radical (unpaired) electrons. The molecule has 0 saturated heterocycles. The molecular weight excluding hydrogens is 266 g/mol. The van der Waals surface area contributed by atoms with Gasteiger partial charge in [0.1, 0.15) is 11.8 Å². The van der Waals surface area contributed by atoms with Crippen molar-refractivity contribution >= 4 is 16.9 Å². The van der Waals surface area contributed by atoms with Crippen molar-refractivity contribution in [2.24, 2.45) is 17.8 Å². The molecule has 2 aliphatic rings. The van der Waals surface area contributed by atoms with Gasteiger partial charge in [-0.3, -0.25) is 4.79 Å². The number of aliphatic hydroxyl groups excluding tert-OH is 1. The summed E-state index contributed by atoms with van der Waals surface area (Å²) in [6, 6.07) is 7.67. The van der Waals surface area contributed by atoms with Gasteiger partial charge < -0.3 is 14.8 Å². The zero-order valence-corrected chi connectivity index (χ0v) is 11.8. The van der Waals surface area contributed by atoms with Crippen molar-refractivity contribution in [2.45, 2.75) is 25.3 Å². The maximum Gasteiger partial charge on any atom is 0.255 e. The number of benzene rings is 1. The summed E-state index contributed by atoms with van der Waals surface area (Å²) in [6.45, 7) is 0.165. The third-order valence-electron chi connectivity index (χ3n) is 5.32. The zero-order valence-electron chi connectivity index (χ0n) is 11.8. The number of fused-ring (bicyclic) bond motifs is 3. The third-order valence-corrected chi connectivity index (χ3v) is 5.32. The molecule has 4 atom stereocenters. The minimum atomic E-state index is -0.0871. The number of aliphatic hydroxyl groups is 1. The Kier molecular flexibility index (Phi) is 3.00. The average Bonchev–Trinajstić information content (AvgIpc) is 3.20. The van der Waals surface area contributed by atoms with Gasteiger partial charge >= 0.3 is 0 Å². The molecule has 1 aromatic heterocycles. The fourth-order valence-electron chi connectivity index (χ4n) is 4.28. The fraction of sp³-hybridized carbons (Fsp3) is 0.471. The highest BCUT2D eigenvalue weighted by Crippen LogP contribution is 2.48. The Labute approximate surface area is 123 Å². The molecule has 110 valence electrons. The first-order valence-electron chi connectivity index (χ1n) is 7.66. The number of rotatable bonds is 3. The third kappa shape index (κ3) is 1.97. The van der Waals surface area contributed by atoms with Crippen LogP contribution in [0.5, 0.6) is 0 Å². The second-order valence-electron chi connectivity index (χ2n) is 6.32. The highest BCUT2D eigenvalue weighted by molar-refractivity contribution is 6.06. The molecule has 2 fully saturated rings. The van der Waals surface area contributed by atoms with Crippen LogP contribution in [0.3, 0.4) is 0 Å². The first-order chi connectivity index (χ1) is 10.3. The minimum Gasteiger partial charge on any atom is -0.463 e. The Balaban J connectivity index is 1.58. The predicted molar refractivity (Wildman–Crippen MR) is 78.9 cm³/mol. The number of furan rings is 1. The van der Waals surface area contributed by atoms with E-state index >= 15 is 0 Å². The highest BCUT2D eigenvalue weighted by Gasteiger charge is 2.47. The lowest BCUT2D eigenvalue weighted by atomic mass is 9.85. The molecule has 2 N–H and O–H groups in total. The number of nitrogens with one attached hydrogen (secondary N) is 1. The largest absolute Gasteiger partial charge is 0.463 e.